The van der Waals surface area contributed by atoms with Crippen LogP contribution in [-0.4, -0.2) is 10.8 Å². The molecule has 134 valence electrons. The number of benzene rings is 2. The Labute approximate surface area is 156 Å². The fourth-order valence-corrected chi connectivity index (χ4v) is 3.69. The Morgan fingerprint density at radius 1 is 0.962 bits per heavy atom. The van der Waals surface area contributed by atoms with Crippen molar-refractivity contribution < 1.29 is 4.79 Å². The van der Waals surface area contributed by atoms with Crippen molar-refractivity contribution in [2.45, 2.75) is 52.9 Å². The molecule has 1 heterocycles. The van der Waals surface area contributed by atoms with Crippen molar-refractivity contribution in [1.82, 2.24) is 4.98 Å². The summed E-state index contributed by atoms with van der Waals surface area (Å²) in [7, 11) is 0. The van der Waals surface area contributed by atoms with Gasteiger partial charge in [0, 0.05) is 23.6 Å². The van der Waals surface area contributed by atoms with E-state index in [2.05, 4.69) is 69.1 Å². The number of aromatic nitrogens is 1. The Balaban J connectivity index is 2.30. The van der Waals surface area contributed by atoms with Gasteiger partial charge in [0.15, 0.2) is 0 Å². The van der Waals surface area contributed by atoms with Gasteiger partial charge in [0.2, 0.25) is 0 Å². The van der Waals surface area contributed by atoms with Crippen LogP contribution in [0.2, 0.25) is 0 Å². The molecule has 0 saturated carbocycles. The van der Waals surface area contributed by atoms with Crippen LogP contribution < -0.4 is 0 Å². The molecule has 0 bridgehead atoms. The van der Waals surface area contributed by atoms with E-state index in [-0.39, 0.29) is 5.78 Å². The smallest absolute Gasteiger partial charge is 0.134 e. The summed E-state index contributed by atoms with van der Waals surface area (Å²) in [5, 5.41) is 1.15. The number of carbonyl (C=O) groups excluding carboxylic acids is 1. The molecule has 26 heavy (non-hydrogen) atoms. The number of fused-ring (bicyclic) bond motifs is 1. The lowest BCUT2D eigenvalue weighted by atomic mass is 9.83. The standard InChI is InChI=1S/C24H27NO/c1-15(2)21-13-19(14-22(16(3)4)23(21)12-17(5)26)20-10-6-8-18-9-7-11-25-24(18)20/h6-11,13-16H,12H2,1-5H3. The number of rotatable bonds is 5. The zero-order chi connectivity index (χ0) is 18.8. The molecule has 0 unspecified atom stereocenters. The van der Waals surface area contributed by atoms with Crippen LogP contribution in [0.15, 0.2) is 48.7 Å². The van der Waals surface area contributed by atoms with Crippen LogP contribution in [0.25, 0.3) is 22.0 Å². The molecule has 3 aromatic rings. The van der Waals surface area contributed by atoms with Crippen molar-refractivity contribution in [3.63, 3.8) is 0 Å². The second kappa shape index (κ2) is 7.41. The molecule has 1 aromatic heterocycles. The fourth-order valence-electron chi connectivity index (χ4n) is 3.69. The maximum atomic E-state index is 11.9. The van der Waals surface area contributed by atoms with E-state index in [0.717, 1.165) is 16.5 Å². The SMILES string of the molecule is CC(=O)Cc1c(C(C)C)cc(-c2cccc3cccnc23)cc1C(C)C. The Morgan fingerprint density at radius 3 is 2.15 bits per heavy atom. The summed E-state index contributed by atoms with van der Waals surface area (Å²) in [5.41, 5.74) is 7.12. The molecule has 0 radical (unpaired) electrons. The van der Waals surface area contributed by atoms with Gasteiger partial charge in [-0.1, -0.05) is 64.1 Å². The van der Waals surface area contributed by atoms with Crippen molar-refractivity contribution in [3.8, 4) is 11.1 Å². The van der Waals surface area contributed by atoms with E-state index in [1.54, 1.807) is 6.92 Å². The molecule has 0 spiro atoms. The number of Topliss-reactive ketones (excluding diaryl/α,β-unsaturated/α-hetero) is 1. The van der Waals surface area contributed by atoms with Crippen LogP contribution in [0, 0.1) is 0 Å². The summed E-state index contributed by atoms with van der Waals surface area (Å²) < 4.78 is 0. The largest absolute Gasteiger partial charge is 0.300 e. The van der Waals surface area contributed by atoms with Crippen molar-refractivity contribution in [2.75, 3.05) is 0 Å². The highest BCUT2D eigenvalue weighted by atomic mass is 16.1. The summed E-state index contributed by atoms with van der Waals surface area (Å²) in [4.78, 5) is 16.5. The topological polar surface area (TPSA) is 30.0 Å². The van der Waals surface area contributed by atoms with E-state index in [0.29, 0.717) is 18.3 Å². The molecule has 0 atom stereocenters. The van der Waals surface area contributed by atoms with Gasteiger partial charge in [-0.3, -0.25) is 9.78 Å². The predicted octanol–water partition coefficient (Wildman–Crippen LogP) is 6.28. The van der Waals surface area contributed by atoms with E-state index in [1.165, 1.54) is 22.3 Å². The molecule has 3 rings (SSSR count). The number of pyridine rings is 1. The Hall–Kier alpha value is -2.48. The molecule has 2 nitrogen and oxygen atoms in total. The minimum absolute atomic E-state index is 0.216. The third-order valence-corrected chi connectivity index (χ3v) is 4.93. The highest BCUT2D eigenvalue weighted by Crippen LogP contribution is 2.36. The predicted molar refractivity (Wildman–Crippen MR) is 110 cm³/mol. The highest BCUT2D eigenvalue weighted by molar-refractivity contribution is 5.94. The van der Waals surface area contributed by atoms with Gasteiger partial charge >= 0.3 is 0 Å². The first-order valence-corrected chi connectivity index (χ1v) is 9.38. The maximum Gasteiger partial charge on any atom is 0.134 e. The van der Waals surface area contributed by atoms with Gasteiger partial charge in [-0.05, 0) is 47.1 Å². The average Bonchev–Trinajstić information content (AvgIpc) is 2.60. The van der Waals surface area contributed by atoms with Gasteiger partial charge < -0.3 is 0 Å². The number of para-hydroxylation sites is 1. The molecule has 0 N–H and O–H groups in total. The van der Waals surface area contributed by atoms with Gasteiger partial charge in [0.25, 0.3) is 0 Å². The third-order valence-electron chi connectivity index (χ3n) is 4.93. The van der Waals surface area contributed by atoms with E-state index in [9.17, 15) is 4.79 Å². The molecule has 0 fully saturated rings. The minimum Gasteiger partial charge on any atom is -0.300 e. The van der Waals surface area contributed by atoms with Gasteiger partial charge in [-0.2, -0.15) is 0 Å². The lowest BCUT2D eigenvalue weighted by Gasteiger charge is -2.21. The fraction of sp³-hybridized carbons (Fsp3) is 0.333. The number of hydrogen-bond donors (Lipinski definition) is 0. The normalized spacial score (nSPS) is 11.5. The van der Waals surface area contributed by atoms with Crippen molar-refractivity contribution in [3.05, 3.63) is 65.4 Å². The minimum atomic E-state index is 0.216. The van der Waals surface area contributed by atoms with Crippen LogP contribution in [0.5, 0.6) is 0 Å². The van der Waals surface area contributed by atoms with E-state index < -0.39 is 0 Å². The lowest BCUT2D eigenvalue weighted by molar-refractivity contribution is -0.116. The number of hydrogen-bond acceptors (Lipinski definition) is 2. The summed E-state index contributed by atoms with van der Waals surface area (Å²) in [6.45, 7) is 10.5. The molecule has 0 aliphatic heterocycles. The highest BCUT2D eigenvalue weighted by Gasteiger charge is 2.18. The van der Waals surface area contributed by atoms with Crippen molar-refractivity contribution in [2.24, 2.45) is 0 Å². The summed E-state index contributed by atoms with van der Waals surface area (Å²) in [6.07, 6.45) is 2.36. The van der Waals surface area contributed by atoms with Crippen LogP contribution in [-0.2, 0) is 11.2 Å². The first-order valence-electron chi connectivity index (χ1n) is 9.38. The van der Waals surface area contributed by atoms with Crippen molar-refractivity contribution >= 4 is 16.7 Å². The summed E-state index contributed by atoms with van der Waals surface area (Å²) >= 11 is 0. The van der Waals surface area contributed by atoms with E-state index in [1.807, 2.05) is 12.3 Å². The van der Waals surface area contributed by atoms with Gasteiger partial charge in [0.1, 0.15) is 5.78 Å². The first-order chi connectivity index (χ1) is 12.4. The lowest BCUT2D eigenvalue weighted by Crippen LogP contribution is -2.08. The number of carbonyl (C=O) groups is 1. The quantitative estimate of drug-likeness (QED) is 0.544. The molecule has 2 aromatic carbocycles. The second-order valence-electron chi connectivity index (χ2n) is 7.70. The number of nitrogens with zero attached hydrogens (tertiary/aromatic N) is 1. The Morgan fingerprint density at radius 2 is 1.58 bits per heavy atom. The van der Waals surface area contributed by atoms with Crippen molar-refractivity contribution in [1.29, 1.82) is 0 Å². The summed E-state index contributed by atoms with van der Waals surface area (Å²) in [6, 6.07) is 14.9. The molecular formula is C24H27NO. The van der Waals surface area contributed by atoms with Gasteiger partial charge in [-0.15, -0.1) is 0 Å². The summed E-state index contributed by atoms with van der Waals surface area (Å²) in [5.74, 6) is 0.947. The van der Waals surface area contributed by atoms with Gasteiger partial charge in [-0.25, -0.2) is 0 Å². The molecule has 0 aliphatic rings. The van der Waals surface area contributed by atoms with Crippen LogP contribution in [0.4, 0.5) is 0 Å². The molecule has 2 heteroatoms. The molecule has 0 saturated heterocycles. The molecule has 0 aliphatic carbocycles. The maximum absolute atomic E-state index is 11.9. The Kier molecular flexibility index (Phi) is 5.22. The monoisotopic (exact) mass is 345 g/mol. The zero-order valence-corrected chi connectivity index (χ0v) is 16.3. The van der Waals surface area contributed by atoms with Gasteiger partial charge in [0.05, 0.1) is 5.52 Å². The van der Waals surface area contributed by atoms with E-state index in [4.69, 9.17) is 0 Å². The second-order valence-corrected chi connectivity index (χ2v) is 7.70. The molecular weight excluding hydrogens is 318 g/mol. The average molecular weight is 345 g/mol. The zero-order valence-electron chi connectivity index (χ0n) is 16.3. The van der Waals surface area contributed by atoms with E-state index >= 15 is 0 Å². The number of ketones is 1. The molecule has 0 amide bonds. The first kappa shape index (κ1) is 18.3. The Bertz CT molecular complexity index is 919. The third kappa shape index (κ3) is 3.55. The van der Waals surface area contributed by atoms with Crippen LogP contribution in [0.1, 0.15) is 63.1 Å². The van der Waals surface area contributed by atoms with Crippen LogP contribution in [0.3, 0.4) is 0 Å². The van der Waals surface area contributed by atoms with Crippen LogP contribution >= 0.6 is 0 Å².